The number of anilines is 2. The Morgan fingerprint density at radius 1 is 1.00 bits per heavy atom. The first-order chi connectivity index (χ1) is 17.0. The van der Waals surface area contributed by atoms with E-state index < -0.39 is 0 Å². The Balaban J connectivity index is 1.33. The van der Waals surface area contributed by atoms with Gasteiger partial charge in [0.1, 0.15) is 5.65 Å². The fourth-order valence-corrected chi connectivity index (χ4v) is 4.40. The highest BCUT2D eigenvalue weighted by Gasteiger charge is 2.21. The second-order valence-electron chi connectivity index (χ2n) is 8.99. The minimum atomic E-state index is 0.0414. The smallest absolute Gasteiger partial charge is 0.253 e. The van der Waals surface area contributed by atoms with Crippen molar-refractivity contribution in [2.75, 3.05) is 44.6 Å². The van der Waals surface area contributed by atoms with Crippen LogP contribution in [0.3, 0.4) is 0 Å². The maximum Gasteiger partial charge on any atom is 0.253 e. The lowest BCUT2D eigenvalue weighted by Crippen LogP contribution is -2.49. The quantitative estimate of drug-likeness (QED) is 0.448. The number of benzene rings is 2. The number of nitrogens with zero attached hydrogens (tertiary/aromatic N) is 5. The molecular formula is C27H30N6O2. The molecule has 0 saturated carbocycles. The number of amides is 1. The largest absolute Gasteiger partial charge is 0.395 e. The predicted octanol–water partition coefficient (Wildman–Crippen LogP) is 3.53. The molecule has 3 heterocycles. The van der Waals surface area contributed by atoms with E-state index in [0.717, 1.165) is 35.5 Å². The van der Waals surface area contributed by atoms with Crippen LogP contribution in [0.2, 0.25) is 0 Å². The van der Waals surface area contributed by atoms with Crippen molar-refractivity contribution >= 4 is 28.6 Å². The van der Waals surface area contributed by atoms with Crippen molar-refractivity contribution < 1.29 is 9.90 Å². The van der Waals surface area contributed by atoms with Crippen LogP contribution in [0, 0.1) is 13.8 Å². The summed E-state index contributed by atoms with van der Waals surface area (Å²) >= 11 is 0. The normalized spacial score (nSPS) is 14.4. The summed E-state index contributed by atoms with van der Waals surface area (Å²) in [6, 6.07) is 15.8. The molecule has 0 atom stereocenters. The van der Waals surface area contributed by atoms with Crippen molar-refractivity contribution in [2.45, 2.75) is 13.8 Å². The number of piperazine rings is 1. The van der Waals surface area contributed by atoms with Gasteiger partial charge in [0.2, 0.25) is 5.95 Å². The average Bonchev–Trinajstić information content (AvgIpc) is 3.30. The summed E-state index contributed by atoms with van der Waals surface area (Å²) in [6.07, 6.45) is 3.78. The number of aromatic nitrogens is 3. The number of hydrogen-bond donors (Lipinski definition) is 2. The predicted molar refractivity (Wildman–Crippen MR) is 137 cm³/mol. The topological polar surface area (TPSA) is 86.5 Å². The number of fused-ring (bicyclic) bond motifs is 1. The Morgan fingerprint density at radius 2 is 1.77 bits per heavy atom. The Morgan fingerprint density at radius 3 is 2.49 bits per heavy atom. The third kappa shape index (κ3) is 4.89. The van der Waals surface area contributed by atoms with E-state index in [4.69, 9.17) is 10.1 Å². The van der Waals surface area contributed by atoms with E-state index in [-0.39, 0.29) is 12.5 Å². The molecule has 4 aromatic rings. The molecule has 180 valence electrons. The van der Waals surface area contributed by atoms with Crippen LogP contribution >= 0.6 is 0 Å². The SMILES string of the molecule is Cc1ccc(Nc2ncc3ccn(-c4ccc(C(=O)N5CCN(CCO)CC5)cc4)c3n2)cc1C. The molecule has 1 fully saturated rings. The molecule has 1 aliphatic rings. The van der Waals surface area contributed by atoms with E-state index in [2.05, 4.69) is 41.2 Å². The molecule has 1 saturated heterocycles. The first-order valence-electron chi connectivity index (χ1n) is 11.9. The molecule has 1 aliphatic heterocycles. The van der Waals surface area contributed by atoms with Crippen molar-refractivity contribution in [1.82, 2.24) is 24.3 Å². The fourth-order valence-electron chi connectivity index (χ4n) is 4.40. The number of nitrogens with one attached hydrogen (secondary N) is 1. The number of carbonyl (C=O) groups is 1. The molecule has 5 rings (SSSR count). The number of carbonyl (C=O) groups excluding carboxylic acids is 1. The maximum atomic E-state index is 13.0. The van der Waals surface area contributed by atoms with Crippen LogP contribution in [0.1, 0.15) is 21.5 Å². The van der Waals surface area contributed by atoms with E-state index in [9.17, 15) is 4.79 Å². The molecular weight excluding hydrogens is 440 g/mol. The highest BCUT2D eigenvalue weighted by atomic mass is 16.3. The van der Waals surface area contributed by atoms with Crippen LogP contribution in [-0.2, 0) is 0 Å². The first kappa shape index (κ1) is 23.0. The van der Waals surface area contributed by atoms with Crippen LogP contribution in [-0.4, -0.2) is 74.7 Å². The molecule has 0 spiro atoms. The van der Waals surface area contributed by atoms with Gasteiger partial charge >= 0.3 is 0 Å². The minimum absolute atomic E-state index is 0.0414. The molecule has 0 bridgehead atoms. The Kier molecular flexibility index (Phi) is 6.48. The summed E-state index contributed by atoms with van der Waals surface area (Å²) in [6.45, 7) is 7.92. The van der Waals surface area contributed by atoms with Gasteiger partial charge in [0.15, 0.2) is 0 Å². The molecule has 8 heteroatoms. The second-order valence-corrected chi connectivity index (χ2v) is 8.99. The third-order valence-electron chi connectivity index (χ3n) is 6.66. The van der Waals surface area contributed by atoms with Gasteiger partial charge in [0, 0.05) is 67.4 Å². The highest BCUT2D eigenvalue weighted by Crippen LogP contribution is 2.23. The van der Waals surface area contributed by atoms with Crippen molar-refractivity contribution in [1.29, 1.82) is 0 Å². The number of β-amino-alcohol motifs (C(OH)–C–C–N with tert-alkyl or cyclic N) is 1. The van der Waals surface area contributed by atoms with Gasteiger partial charge < -0.3 is 19.9 Å². The molecule has 1 amide bonds. The van der Waals surface area contributed by atoms with Crippen LogP contribution in [0.25, 0.3) is 16.7 Å². The van der Waals surface area contributed by atoms with Gasteiger partial charge in [-0.05, 0) is 67.4 Å². The molecule has 0 radical (unpaired) electrons. The Labute approximate surface area is 204 Å². The summed E-state index contributed by atoms with van der Waals surface area (Å²) in [5.41, 5.74) is 5.80. The lowest BCUT2D eigenvalue weighted by Gasteiger charge is -2.34. The molecule has 2 N–H and O–H groups in total. The molecule has 0 aliphatic carbocycles. The van der Waals surface area contributed by atoms with Gasteiger partial charge in [-0.2, -0.15) is 4.98 Å². The monoisotopic (exact) mass is 470 g/mol. The zero-order chi connectivity index (χ0) is 24.4. The number of aryl methyl sites for hydroxylation is 2. The van der Waals surface area contributed by atoms with Crippen molar-refractivity contribution in [3.05, 3.63) is 77.6 Å². The minimum Gasteiger partial charge on any atom is -0.395 e. The summed E-state index contributed by atoms with van der Waals surface area (Å²) in [7, 11) is 0. The molecule has 35 heavy (non-hydrogen) atoms. The van der Waals surface area contributed by atoms with Crippen LogP contribution in [0.4, 0.5) is 11.6 Å². The zero-order valence-electron chi connectivity index (χ0n) is 20.1. The maximum absolute atomic E-state index is 13.0. The molecule has 2 aromatic heterocycles. The van der Waals surface area contributed by atoms with Gasteiger partial charge in [-0.15, -0.1) is 0 Å². The third-order valence-corrected chi connectivity index (χ3v) is 6.66. The summed E-state index contributed by atoms with van der Waals surface area (Å²) in [5.74, 6) is 0.576. The van der Waals surface area contributed by atoms with Crippen LogP contribution in [0.15, 0.2) is 60.9 Å². The van der Waals surface area contributed by atoms with Gasteiger partial charge in [-0.3, -0.25) is 9.69 Å². The zero-order valence-corrected chi connectivity index (χ0v) is 20.1. The average molecular weight is 471 g/mol. The number of hydrogen-bond acceptors (Lipinski definition) is 6. The van der Waals surface area contributed by atoms with Gasteiger partial charge in [-0.1, -0.05) is 6.07 Å². The van der Waals surface area contributed by atoms with E-state index in [1.807, 2.05) is 58.3 Å². The summed E-state index contributed by atoms with van der Waals surface area (Å²) in [4.78, 5) is 26.2. The molecule has 8 nitrogen and oxygen atoms in total. The van der Waals surface area contributed by atoms with Gasteiger partial charge in [0.25, 0.3) is 5.91 Å². The van der Waals surface area contributed by atoms with Crippen LogP contribution in [0.5, 0.6) is 0 Å². The molecule has 2 aromatic carbocycles. The fraction of sp³-hybridized carbons (Fsp3) is 0.296. The van der Waals surface area contributed by atoms with E-state index in [0.29, 0.717) is 31.1 Å². The Hall–Kier alpha value is -3.75. The van der Waals surface area contributed by atoms with Crippen molar-refractivity contribution in [2.24, 2.45) is 0 Å². The summed E-state index contributed by atoms with van der Waals surface area (Å²) in [5, 5.41) is 13.3. The van der Waals surface area contributed by atoms with Crippen LogP contribution < -0.4 is 5.32 Å². The van der Waals surface area contributed by atoms with Gasteiger partial charge in [-0.25, -0.2) is 4.98 Å². The number of aliphatic hydroxyl groups is 1. The van der Waals surface area contributed by atoms with E-state index in [1.165, 1.54) is 11.1 Å². The standard InChI is InChI=1S/C27H30N6O2/c1-19-3-6-23(17-20(19)2)29-27-28-18-22-9-10-33(25(22)30-27)24-7-4-21(5-8-24)26(35)32-13-11-31(12-14-32)15-16-34/h3-10,17-18,34H,11-16H2,1-2H3,(H,28,29,30). The van der Waals surface area contributed by atoms with Crippen molar-refractivity contribution in [3.63, 3.8) is 0 Å². The Bertz CT molecular complexity index is 1340. The number of rotatable bonds is 6. The second kappa shape index (κ2) is 9.85. The summed E-state index contributed by atoms with van der Waals surface area (Å²) < 4.78 is 2.00. The van der Waals surface area contributed by atoms with E-state index in [1.54, 1.807) is 0 Å². The lowest BCUT2D eigenvalue weighted by atomic mass is 10.1. The number of aliphatic hydroxyl groups excluding tert-OH is 1. The first-order valence-corrected chi connectivity index (χ1v) is 11.9. The highest BCUT2D eigenvalue weighted by molar-refractivity contribution is 5.94. The van der Waals surface area contributed by atoms with Crippen molar-refractivity contribution in [3.8, 4) is 5.69 Å². The van der Waals surface area contributed by atoms with Gasteiger partial charge in [0.05, 0.1) is 6.61 Å². The molecule has 0 unspecified atom stereocenters. The lowest BCUT2D eigenvalue weighted by molar-refractivity contribution is 0.0615. The van der Waals surface area contributed by atoms with E-state index >= 15 is 0 Å².